The highest BCUT2D eigenvalue weighted by Gasteiger charge is 2.77. The lowest BCUT2D eigenvalue weighted by atomic mass is 9.71. The van der Waals surface area contributed by atoms with Gasteiger partial charge in [0.15, 0.2) is 11.2 Å². The number of aliphatic hydroxyl groups excluding tert-OH is 1. The number of carbonyl (C=O) groups is 1. The van der Waals surface area contributed by atoms with Crippen LogP contribution in [-0.4, -0.2) is 27.2 Å². The van der Waals surface area contributed by atoms with Crippen molar-refractivity contribution in [2.75, 3.05) is 0 Å². The highest BCUT2D eigenvalue weighted by Crippen LogP contribution is 2.67. The molecule has 2 heterocycles. The lowest BCUT2D eigenvalue weighted by Gasteiger charge is -2.40. The van der Waals surface area contributed by atoms with Gasteiger partial charge >= 0.3 is 0 Å². The van der Waals surface area contributed by atoms with Crippen LogP contribution in [0, 0.1) is 17.2 Å². The van der Waals surface area contributed by atoms with E-state index in [9.17, 15) is 20.3 Å². The highest BCUT2D eigenvalue weighted by molar-refractivity contribution is 6.30. The van der Waals surface area contributed by atoms with Crippen molar-refractivity contribution < 1.29 is 19.7 Å². The number of nitrogens with two attached hydrogens (primary N) is 1. The van der Waals surface area contributed by atoms with Gasteiger partial charge in [0.2, 0.25) is 5.91 Å². The van der Waals surface area contributed by atoms with Crippen LogP contribution in [0.3, 0.4) is 0 Å². The zero-order valence-electron chi connectivity index (χ0n) is 16.6. The van der Waals surface area contributed by atoms with E-state index in [1.54, 1.807) is 48.5 Å². The Morgan fingerprint density at radius 3 is 2.50 bits per heavy atom. The van der Waals surface area contributed by atoms with Gasteiger partial charge in [-0.3, -0.25) is 9.78 Å². The van der Waals surface area contributed by atoms with Crippen LogP contribution in [-0.2, 0) is 16.0 Å². The van der Waals surface area contributed by atoms with E-state index in [4.69, 9.17) is 22.1 Å². The van der Waals surface area contributed by atoms with Gasteiger partial charge in [0.25, 0.3) is 0 Å². The van der Waals surface area contributed by atoms with Crippen LogP contribution in [0.15, 0.2) is 66.9 Å². The number of ether oxygens (including phenoxy) is 1. The molecule has 32 heavy (non-hydrogen) atoms. The molecule has 5 rings (SSSR count). The Bertz CT molecular complexity index is 1260. The van der Waals surface area contributed by atoms with Crippen LogP contribution in [0.5, 0.6) is 5.75 Å². The fraction of sp³-hybridized carbons (Fsp3) is 0.208. The summed E-state index contributed by atoms with van der Waals surface area (Å²) in [4.78, 5) is 16.9. The first-order chi connectivity index (χ1) is 15.3. The molecule has 7 nitrogen and oxygen atoms in total. The summed E-state index contributed by atoms with van der Waals surface area (Å²) >= 11 is 6.13. The van der Waals surface area contributed by atoms with Crippen LogP contribution in [0.1, 0.15) is 28.3 Å². The minimum absolute atomic E-state index is 0.0726. The lowest BCUT2D eigenvalue weighted by molar-refractivity contribution is -0.155. The number of amides is 1. The Hall–Kier alpha value is -3.44. The number of nitriles is 1. The predicted octanol–water partition coefficient (Wildman–Crippen LogP) is 2.34. The lowest BCUT2D eigenvalue weighted by Crippen LogP contribution is -2.52. The second kappa shape index (κ2) is 7.04. The number of aromatic nitrogens is 1. The average Bonchev–Trinajstić information content (AvgIpc) is 3.17. The first-order valence-corrected chi connectivity index (χ1v) is 10.3. The second-order valence-corrected chi connectivity index (χ2v) is 8.49. The molecular weight excluding hydrogens is 430 g/mol. The van der Waals surface area contributed by atoms with Crippen molar-refractivity contribution >= 4 is 17.5 Å². The number of benzene rings is 2. The number of halogens is 1. The van der Waals surface area contributed by atoms with Crippen molar-refractivity contribution in [3.63, 3.8) is 0 Å². The Morgan fingerprint density at radius 2 is 1.88 bits per heavy atom. The Morgan fingerprint density at radius 1 is 1.19 bits per heavy atom. The second-order valence-electron chi connectivity index (χ2n) is 8.05. The molecule has 3 aromatic rings. The molecule has 0 unspecified atom stereocenters. The molecule has 1 fully saturated rings. The molecule has 1 aliphatic heterocycles. The molecule has 0 bridgehead atoms. The smallest absolute Gasteiger partial charge is 0.224 e. The molecule has 2 aliphatic rings. The molecule has 8 heteroatoms. The molecule has 5 atom stereocenters. The standard InChI is InChI=1S/C24H18ClN3O4/c25-16-10-17-20(28-12-16)23(31)21(29)18(22(27)30)19(14-4-2-1-3-5-14)24(23,32-17)15-8-6-13(11-26)7-9-15/h1-10,12,18-19,21,29,31H,(H2,27,30)/t18-,19-,21-,23+,24+/m1/s1. The first kappa shape index (κ1) is 20.5. The molecular formula is C24H18ClN3O4. The van der Waals surface area contributed by atoms with Crippen molar-refractivity contribution in [1.82, 2.24) is 4.98 Å². The number of hydrogen-bond donors (Lipinski definition) is 3. The van der Waals surface area contributed by atoms with Gasteiger partial charge in [-0.15, -0.1) is 0 Å². The van der Waals surface area contributed by atoms with E-state index >= 15 is 0 Å². The maximum atomic E-state index is 12.6. The van der Waals surface area contributed by atoms with Crippen molar-refractivity contribution in [2.45, 2.75) is 23.2 Å². The number of nitrogens with zero attached hydrogens (tertiary/aromatic N) is 2. The summed E-state index contributed by atoms with van der Waals surface area (Å²) in [5, 5.41) is 33.1. The molecule has 1 saturated carbocycles. The largest absolute Gasteiger partial charge is 0.476 e. The van der Waals surface area contributed by atoms with E-state index in [-0.39, 0.29) is 11.4 Å². The van der Waals surface area contributed by atoms with E-state index in [1.165, 1.54) is 12.3 Å². The summed E-state index contributed by atoms with van der Waals surface area (Å²) in [5.41, 5.74) is 3.59. The summed E-state index contributed by atoms with van der Waals surface area (Å²) in [5.74, 6) is -2.61. The maximum Gasteiger partial charge on any atom is 0.224 e. The molecule has 0 saturated heterocycles. The maximum absolute atomic E-state index is 12.6. The third kappa shape index (κ3) is 2.49. The van der Waals surface area contributed by atoms with Crippen molar-refractivity contribution in [3.8, 4) is 11.8 Å². The Labute approximate surface area is 188 Å². The van der Waals surface area contributed by atoms with Crippen molar-refractivity contribution in [1.29, 1.82) is 5.26 Å². The molecule has 0 radical (unpaired) electrons. The van der Waals surface area contributed by atoms with Gasteiger partial charge in [-0.05, 0) is 23.3 Å². The van der Waals surface area contributed by atoms with E-state index < -0.39 is 35.0 Å². The van der Waals surface area contributed by atoms with Gasteiger partial charge < -0.3 is 20.7 Å². The van der Waals surface area contributed by atoms with Gasteiger partial charge in [0.05, 0.1) is 22.6 Å². The van der Waals surface area contributed by atoms with Crippen LogP contribution in [0.25, 0.3) is 0 Å². The SMILES string of the molecule is N#Cc1ccc([C@@]23Oc4cc(Cl)cnc4[C@]2(O)[C@H](O)[C@H](C(N)=O)[C@H]3c2ccccc2)cc1. The number of fused-ring (bicyclic) bond motifs is 3. The van der Waals surface area contributed by atoms with Gasteiger partial charge in [-0.1, -0.05) is 54.1 Å². The first-order valence-electron chi connectivity index (χ1n) is 9.95. The molecule has 1 aromatic heterocycles. The van der Waals surface area contributed by atoms with Crippen LogP contribution in [0.4, 0.5) is 0 Å². The Kier molecular flexibility index (Phi) is 4.50. The van der Waals surface area contributed by atoms with Gasteiger partial charge in [0.1, 0.15) is 17.5 Å². The number of aliphatic hydroxyl groups is 2. The minimum atomic E-state index is -2.11. The molecule has 1 amide bonds. The molecule has 160 valence electrons. The predicted molar refractivity (Wildman–Crippen MR) is 114 cm³/mol. The third-order valence-corrected chi connectivity index (χ3v) is 6.72. The zero-order valence-corrected chi connectivity index (χ0v) is 17.4. The van der Waals surface area contributed by atoms with E-state index in [1.807, 2.05) is 6.07 Å². The zero-order chi connectivity index (χ0) is 22.7. The quantitative estimate of drug-likeness (QED) is 0.565. The van der Waals surface area contributed by atoms with Crippen LogP contribution < -0.4 is 10.5 Å². The van der Waals surface area contributed by atoms with E-state index in [0.29, 0.717) is 21.7 Å². The summed E-state index contributed by atoms with van der Waals surface area (Å²) in [6.07, 6.45) is -0.269. The molecule has 1 aliphatic carbocycles. The number of rotatable bonds is 3. The summed E-state index contributed by atoms with van der Waals surface area (Å²) in [7, 11) is 0. The Balaban J connectivity index is 1.86. The molecule has 4 N–H and O–H groups in total. The van der Waals surface area contributed by atoms with Crippen LogP contribution in [0.2, 0.25) is 5.02 Å². The van der Waals surface area contributed by atoms with Crippen molar-refractivity contribution in [3.05, 3.63) is 94.3 Å². The minimum Gasteiger partial charge on any atom is -0.476 e. The number of hydrogen-bond acceptors (Lipinski definition) is 6. The summed E-state index contributed by atoms with van der Waals surface area (Å²) in [6.45, 7) is 0. The van der Waals surface area contributed by atoms with Gasteiger partial charge in [0, 0.05) is 18.2 Å². The number of carbonyl (C=O) groups excluding carboxylic acids is 1. The summed E-state index contributed by atoms with van der Waals surface area (Å²) in [6, 6.07) is 19.0. The molecule has 0 spiro atoms. The van der Waals surface area contributed by atoms with Gasteiger partial charge in [-0.2, -0.15) is 5.26 Å². The topological polar surface area (TPSA) is 129 Å². The van der Waals surface area contributed by atoms with Crippen LogP contribution >= 0.6 is 11.6 Å². The van der Waals surface area contributed by atoms with E-state index in [2.05, 4.69) is 11.1 Å². The fourth-order valence-electron chi connectivity index (χ4n) is 5.24. The summed E-state index contributed by atoms with van der Waals surface area (Å²) < 4.78 is 6.43. The average molecular weight is 448 g/mol. The number of pyridine rings is 1. The van der Waals surface area contributed by atoms with Gasteiger partial charge in [-0.25, -0.2) is 0 Å². The van der Waals surface area contributed by atoms with E-state index in [0.717, 1.165) is 0 Å². The molecule has 2 aromatic carbocycles. The number of primary amides is 1. The third-order valence-electron chi connectivity index (χ3n) is 6.51. The monoisotopic (exact) mass is 447 g/mol. The fourth-order valence-corrected chi connectivity index (χ4v) is 5.39. The van der Waals surface area contributed by atoms with Crippen molar-refractivity contribution in [2.24, 2.45) is 11.7 Å². The highest BCUT2D eigenvalue weighted by atomic mass is 35.5. The normalized spacial score (nSPS) is 30.1.